The van der Waals surface area contributed by atoms with Crippen molar-refractivity contribution in [2.75, 3.05) is 5.75 Å². The Morgan fingerprint density at radius 2 is 2.14 bits per heavy atom. The van der Waals surface area contributed by atoms with Crippen LogP contribution in [0, 0.1) is 17.6 Å². The maximum absolute atomic E-state index is 13.3. The first kappa shape index (κ1) is 9.93. The molecular weight excluding hydrogens is 204 g/mol. The van der Waals surface area contributed by atoms with Gasteiger partial charge in [-0.3, -0.25) is 0 Å². The molecule has 0 aliphatic carbocycles. The van der Waals surface area contributed by atoms with Crippen LogP contribution in [0.15, 0.2) is 17.0 Å². The fourth-order valence-corrected chi connectivity index (χ4v) is 2.80. The van der Waals surface area contributed by atoms with Gasteiger partial charge in [-0.25, -0.2) is 8.78 Å². The Kier molecular flexibility index (Phi) is 2.49. The third-order valence-electron chi connectivity index (χ3n) is 2.50. The number of rotatable bonds is 0. The predicted molar refractivity (Wildman–Crippen MR) is 53.2 cm³/mol. The van der Waals surface area contributed by atoms with Crippen molar-refractivity contribution in [3.8, 4) is 0 Å². The molecule has 14 heavy (non-hydrogen) atoms. The second-order valence-electron chi connectivity index (χ2n) is 3.62. The monoisotopic (exact) mass is 215 g/mol. The van der Waals surface area contributed by atoms with Crippen LogP contribution in [0.5, 0.6) is 0 Å². The molecule has 0 bridgehead atoms. The molecule has 0 saturated carbocycles. The standard InChI is InChI=1S/C10H11F2NS/c1-5-4-14-10-7(9(5)13)2-6(11)3-8(10)12/h2-3,5,9H,4,13H2,1H3. The average molecular weight is 215 g/mol. The molecule has 0 radical (unpaired) electrons. The second-order valence-corrected chi connectivity index (χ2v) is 4.65. The first-order valence-corrected chi connectivity index (χ1v) is 5.45. The fraction of sp³-hybridized carbons (Fsp3) is 0.400. The number of thioether (sulfide) groups is 1. The number of halogens is 2. The summed E-state index contributed by atoms with van der Waals surface area (Å²) >= 11 is 1.41. The normalized spacial score (nSPS) is 26.0. The van der Waals surface area contributed by atoms with Crippen LogP contribution in [0.25, 0.3) is 0 Å². The number of fused-ring (bicyclic) bond motifs is 1. The van der Waals surface area contributed by atoms with Crippen molar-refractivity contribution < 1.29 is 8.78 Å². The first-order valence-electron chi connectivity index (χ1n) is 4.47. The fourth-order valence-electron chi connectivity index (χ4n) is 1.61. The van der Waals surface area contributed by atoms with Crippen molar-refractivity contribution in [1.82, 2.24) is 0 Å². The van der Waals surface area contributed by atoms with Gasteiger partial charge in [0, 0.05) is 22.8 Å². The summed E-state index contributed by atoms with van der Waals surface area (Å²) in [6.45, 7) is 1.99. The van der Waals surface area contributed by atoms with E-state index in [-0.39, 0.29) is 12.0 Å². The highest BCUT2D eigenvalue weighted by Gasteiger charge is 2.26. The van der Waals surface area contributed by atoms with Gasteiger partial charge in [0.1, 0.15) is 11.6 Å². The van der Waals surface area contributed by atoms with E-state index < -0.39 is 11.6 Å². The lowest BCUT2D eigenvalue weighted by molar-refractivity contribution is 0.483. The molecule has 2 atom stereocenters. The Morgan fingerprint density at radius 1 is 1.43 bits per heavy atom. The molecule has 1 aliphatic heterocycles. The van der Waals surface area contributed by atoms with Crippen LogP contribution in [-0.4, -0.2) is 5.75 Å². The van der Waals surface area contributed by atoms with Gasteiger partial charge in [-0.05, 0) is 17.5 Å². The Hall–Kier alpha value is -0.610. The molecule has 0 fully saturated rings. The van der Waals surface area contributed by atoms with Crippen molar-refractivity contribution in [2.45, 2.75) is 17.9 Å². The maximum atomic E-state index is 13.3. The molecule has 1 aromatic rings. The molecule has 2 unspecified atom stereocenters. The lowest BCUT2D eigenvalue weighted by Gasteiger charge is -2.27. The number of benzene rings is 1. The van der Waals surface area contributed by atoms with Crippen molar-refractivity contribution in [3.05, 3.63) is 29.3 Å². The molecule has 1 aromatic carbocycles. The number of nitrogens with two attached hydrogens (primary N) is 1. The summed E-state index contributed by atoms with van der Waals surface area (Å²) in [6.07, 6.45) is 0. The Balaban J connectivity index is 2.54. The van der Waals surface area contributed by atoms with E-state index in [0.29, 0.717) is 10.5 Å². The van der Waals surface area contributed by atoms with Gasteiger partial charge in [-0.1, -0.05) is 6.92 Å². The van der Waals surface area contributed by atoms with E-state index in [9.17, 15) is 8.78 Å². The van der Waals surface area contributed by atoms with E-state index in [1.807, 2.05) is 6.92 Å². The summed E-state index contributed by atoms with van der Waals surface area (Å²) in [5.41, 5.74) is 6.48. The van der Waals surface area contributed by atoms with Gasteiger partial charge in [-0.15, -0.1) is 11.8 Å². The van der Waals surface area contributed by atoms with Crippen molar-refractivity contribution in [3.63, 3.8) is 0 Å². The average Bonchev–Trinajstić information content (AvgIpc) is 2.12. The van der Waals surface area contributed by atoms with Crippen molar-refractivity contribution >= 4 is 11.8 Å². The summed E-state index contributed by atoms with van der Waals surface area (Å²) in [6, 6.07) is 2.00. The van der Waals surface area contributed by atoms with E-state index in [2.05, 4.69) is 0 Å². The van der Waals surface area contributed by atoms with E-state index in [1.165, 1.54) is 17.8 Å². The van der Waals surface area contributed by atoms with Gasteiger partial charge in [0.2, 0.25) is 0 Å². The topological polar surface area (TPSA) is 26.0 Å². The van der Waals surface area contributed by atoms with Crippen LogP contribution in [-0.2, 0) is 0 Å². The number of hydrogen-bond donors (Lipinski definition) is 1. The van der Waals surface area contributed by atoms with Crippen molar-refractivity contribution in [1.29, 1.82) is 0 Å². The molecular formula is C10H11F2NS. The van der Waals surface area contributed by atoms with E-state index in [4.69, 9.17) is 5.73 Å². The summed E-state index contributed by atoms with van der Waals surface area (Å²) < 4.78 is 26.3. The molecule has 1 aliphatic rings. The third kappa shape index (κ3) is 1.53. The van der Waals surface area contributed by atoms with Gasteiger partial charge >= 0.3 is 0 Å². The molecule has 1 nitrogen and oxygen atoms in total. The minimum absolute atomic E-state index is 0.253. The van der Waals surface area contributed by atoms with Crippen LogP contribution in [0.3, 0.4) is 0 Å². The zero-order chi connectivity index (χ0) is 10.3. The third-order valence-corrected chi connectivity index (χ3v) is 3.91. The van der Waals surface area contributed by atoms with Crippen LogP contribution in [0.4, 0.5) is 8.78 Å². The quantitative estimate of drug-likeness (QED) is 0.720. The smallest absolute Gasteiger partial charge is 0.140 e. The molecule has 0 amide bonds. The molecule has 1 heterocycles. The lowest BCUT2D eigenvalue weighted by Crippen LogP contribution is -2.25. The molecule has 4 heteroatoms. The van der Waals surface area contributed by atoms with Crippen LogP contribution in [0.1, 0.15) is 18.5 Å². The molecule has 0 saturated heterocycles. The molecule has 2 rings (SSSR count). The highest BCUT2D eigenvalue weighted by atomic mass is 32.2. The highest BCUT2D eigenvalue weighted by molar-refractivity contribution is 7.99. The summed E-state index contributed by atoms with van der Waals surface area (Å²) in [7, 11) is 0. The molecule has 2 N–H and O–H groups in total. The lowest BCUT2D eigenvalue weighted by atomic mass is 9.96. The largest absolute Gasteiger partial charge is 0.324 e. The van der Waals surface area contributed by atoms with E-state index in [0.717, 1.165) is 11.8 Å². The van der Waals surface area contributed by atoms with E-state index in [1.54, 1.807) is 0 Å². The first-order chi connectivity index (χ1) is 6.59. The molecule has 0 spiro atoms. The Labute approximate surface area is 85.7 Å². The van der Waals surface area contributed by atoms with E-state index >= 15 is 0 Å². The zero-order valence-corrected chi connectivity index (χ0v) is 8.57. The summed E-state index contributed by atoms with van der Waals surface area (Å²) in [5, 5.41) is 0. The van der Waals surface area contributed by atoms with Gasteiger partial charge in [0.15, 0.2) is 0 Å². The van der Waals surface area contributed by atoms with Crippen molar-refractivity contribution in [2.24, 2.45) is 11.7 Å². The predicted octanol–water partition coefficient (Wildman–Crippen LogP) is 2.71. The summed E-state index contributed by atoms with van der Waals surface area (Å²) in [4.78, 5) is 0.511. The van der Waals surface area contributed by atoms with Gasteiger partial charge in [-0.2, -0.15) is 0 Å². The second kappa shape index (κ2) is 3.51. The van der Waals surface area contributed by atoms with Gasteiger partial charge < -0.3 is 5.73 Å². The van der Waals surface area contributed by atoms with Crippen LogP contribution in [0.2, 0.25) is 0 Å². The van der Waals surface area contributed by atoms with Gasteiger partial charge in [0.25, 0.3) is 0 Å². The molecule has 76 valence electrons. The number of hydrogen-bond acceptors (Lipinski definition) is 2. The summed E-state index contributed by atoms with van der Waals surface area (Å²) in [5.74, 6) is 0.00364. The minimum atomic E-state index is -0.550. The van der Waals surface area contributed by atoms with Crippen LogP contribution >= 0.6 is 11.8 Å². The maximum Gasteiger partial charge on any atom is 0.140 e. The Morgan fingerprint density at radius 3 is 2.86 bits per heavy atom. The SMILES string of the molecule is CC1CSc2c(F)cc(F)cc2C1N. The highest BCUT2D eigenvalue weighted by Crippen LogP contribution is 2.39. The zero-order valence-electron chi connectivity index (χ0n) is 7.76. The van der Waals surface area contributed by atoms with Crippen LogP contribution < -0.4 is 5.73 Å². The Bertz CT molecular complexity index is 367. The molecule has 0 aromatic heterocycles. The minimum Gasteiger partial charge on any atom is -0.324 e. The van der Waals surface area contributed by atoms with Gasteiger partial charge in [0.05, 0.1) is 0 Å².